The van der Waals surface area contributed by atoms with Crippen LogP contribution in [0.5, 0.6) is 11.5 Å². The van der Waals surface area contributed by atoms with Crippen molar-refractivity contribution in [1.29, 1.82) is 0 Å². The van der Waals surface area contributed by atoms with E-state index in [0.717, 1.165) is 49.8 Å². The van der Waals surface area contributed by atoms with Crippen molar-refractivity contribution >= 4 is 17.5 Å². The lowest BCUT2D eigenvalue weighted by atomic mass is 10.0. The van der Waals surface area contributed by atoms with Gasteiger partial charge in [0.05, 0.1) is 22.3 Å². The second-order valence-electron chi connectivity index (χ2n) is 8.36. The zero-order valence-electron chi connectivity index (χ0n) is 17.4. The highest BCUT2D eigenvalue weighted by atomic mass is 35.5. The Balaban J connectivity index is 1.29. The Morgan fingerprint density at radius 3 is 2.72 bits per heavy atom. The van der Waals surface area contributed by atoms with Crippen molar-refractivity contribution in [1.82, 2.24) is 19.8 Å². The molecule has 7 nitrogen and oxygen atoms in total. The first-order chi connectivity index (χ1) is 15.5. The van der Waals surface area contributed by atoms with Gasteiger partial charge in [0.15, 0.2) is 0 Å². The summed E-state index contributed by atoms with van der Waals surface area (Å²) < 4.78 is 0. The first-order valence-corrected chi connectivity index (χ1v) is 11.0. The predicted molar refractivity (Wildman–Crippen MR) is 119 cm³/mol. The summed E-state index contributed by atoms with van der Waals surface area (Å²) in [5.74, 6) is -0.802. The smallest absolute Gasteiger partial charge is 0.258 e. The number of amides is 1. The molecule has 0 saturated carbocycles. The Labute approximate surface area is 190 Å². The number of likely N-dealkylation sites (tertiary alicyclic amines) is 1. The molecule has 164 valence electrons. The van der Waals surface area contributed by atoms with Gasteiger partial charge < -0.3 is 15.1 Å². The molecule has 3 aromatic rings. The van der Waals surface area contributed by atoms with Gasteiger partial charge >= 0.3 is 0 Å². The van der Waals surface area contributed by atoms with E-state index in [1.807, 2.05) is 6.20 Å². The van der Waals surface area contributed by atoms with Crippen LogP contribution in [-0.4, -0.2) is 42.4 Å². The third kappa shape index (κ3) is 3.89. The third-order valence-corrected chi connectivity index (χ3v) is 6.53. The third-order valence-electron chi connectivity index (χ3n) is 6.23. The van der Waals surface area contributed by atoms with Crippen molar-refractivity contribution in [2.75, 3.05) is 6.54 Å². The molecule has 0 spiro atoms. The number of nitrogens with zero attached hydrogens (tertiary/aromatic N) is 4. The lowest BCUT2D eigenvalue weighted by Crippen LogP contribution is -2.30. The van der Waals surface area contributed by atoms with E-state index in [1.165, 1.54) is 17.2 Å². The molecule has 0 bridgehead atoms. The number of aromatic hydroxyl groups is 2. The zero-order chi connectivity index (χ0) is 22.2. The van der Waals surface area contributed by atoms with E-state index < -0.39 is 0 Å². The van der Waals surface area contributed by atoms with Gasteiger partial charge in [-0.25, -0.2) is 9.97 Å². The maximum Gasteiger partial charge on any atom is 0.258 e. The first kappa shape index (κ1) is 20.7. The maximum absolute atomic E-state index is 13.1. The molecule has 1 saturated heterocycles. The average molecular weight is 451 g/mol. The number of aromatic nitrogens is 2. The van der Waals surface area contributed by atoms with Crippen LogP contribution in [0.4, 0.5) is 0 Å². The van der Waals surface area contributed by atoms with Crippen molar-refractivity contribution in [3.8, 4) is 11.5 Å². The van der Waals surface area contributed by atoms with Gasteiger partial charge in [-0.05, 0) is 30.0 Å². The number of hydrogen-bond acceptors (Lipinski definition) is 6. The molecule has 2 N–H and O–H groups in total. The fourth-order valence-electron chi connectivity index (χ4n) is 4.62. The number of carbonyl (C=O) groups is 1. The van der Waals surface area contributed by atoms with E-state index in [9.17, 15) is 15.0 Å². The molecular weight excluding hydrogens is 428 g/mol. The van der Waals surface area contributed by atoms with Crippen molar-refractivity contribution in [3.05, 3.63) is 81.9 Å². The summed E-state index contributed by atoms with van der Waals surface area (Å²) in [5.41, 5.74) is 4.65. The Morgan fingerprint density at radius 2 is 1.94 bits per heavy atom. The Bertz CT molecular complexity index is 1140. The minimum atomic E-state index is -0.285. The van der Waals surface area contributed by atoms with Gasteiger partial charge in [0.2, 0.25) is 0 Å². The molecule has 2 aliphatic rings. The molecule has 2 aliphatic heterocycles. The maximum atomic E-state index is 13.1. The second kappa shape index (κ2) is 8.41. The highest BCUT2D eigenvalue weighted by Crippen LogP contribution is 2.37. The van der Waals surface area contributed by atoms with Gasteiger partial charge in [-0.15, -0.1) is 0 Å². The van der Waals surface area contributed by atoms with E-state index in [0.29, 0.717) is 6.54 Å². The number of phenolic OH excluding ortho intramolecular Hbond substituents is 2. The zero-order valence-corrected chi connectivity index (χ0v) is 18.2. The summed E-state index contributed by atoms with van der Waals surface area (Å²) >= 11 is 5.96. The fourth-order valence-corrected chi connectivity index (χ4v) is 4.78. The van der Waals surface area contributed by atoms with Crippen LogP contribution >= 0.6 is 11.6 Å². The second-order valence-corrected chi connectivity index (χ2v) is 8.77. The molecule has 1 unspecified atom stereocenters. The fraction of sp³-hybridized carbons (Fsp3) is 0.292. The highest BCUT2D eigenvalue weighted by molar-refractivity contribution is 6.32. The largest absolute Gasteiger partial charge is 0.507 e. The quantitative estimate of drug-likeness (QED) is 0.623. The molecule has 1 amide bonds. The minimum Gasteiger partial charge on any atom is -0.507 e. The minimum absolute atomic E-state index is 0.0429. The van der Waals surface area contributed by atoms with Crippen LogP contribution in [0, 0.1) is 0 Å². The van der Waals surface area contributed by atoms with Crippen molar-refractivity contribution < 1.29 is 15.0 Å². The lowest BCUT2D eigenvalue weighted by Gasteiger charge is -2.26. The number of hydrogen-bond donors (Lipinski definition) is 2. The number of halogens is 1. The summed E-state index contributed by atoms with van der Waals surface area (Å²) in [6.45, 7) is 3.10. The van der Waals surface area contributed by atoms with Crippen molar-refractivity contribution in [3.63, 3.8) is 0 Å². The van der Waals surface area contributed by atoms with E-state index in [2.05, 4.69) is 39.1 Å². The van der Waals surface area contributed by atoms with Crippen LogP contribution in [0.1, 0.15) is 51.6 Å². The Morgan fingerprint density at radius 1 is 1.12 bits per heavy atom. The number of carbonyl (C=O) groups excluding carboxylic acids is 1. The summed E-state index contributed by atoms with van der Waals surface area (Å²) in [7, 11) is 0. The van der Waals surface area contributed by atoms with Crippen molar-refractivity contribution in [2.45, 2.75) is 38.5 Å². The van der Waals surface area contributed by atoms with E-state index >= 15 is 0 Å². The molecule has 8 heteroatoms. The molecule has 1 atom stereocenters. The van der Waals surface area contributed by atoms with Gasteiger partial charge in [-0.1, -0.05) is 35.9 Å². The Kier molecular flexibility index (Phi) is 5.45. The first-order valence-electron chi connectivity index (χ1n) is 10.6. The summed E-state index contributed by atoms with van der Waals surface area (Å²) in [6, 6.07) is 10.8. The van der Waals surface area contributed by atoms with E-state index in [4.69, 9.17) is 11.6 Å². The SMILES string of the molecule is O=C(c1cc(Cl)c(O)cc1O)N1CCCC1c1ccc(CN2Cc3cncnc3C2)cc1. The standard InChI is InChI=1S/C24H23ClN4O3/c25-19-8-18(22(30)9-23(19)31)24(32)29-7-1-2-21(29)16-5-3-15(4-6-16)11-28-12-17-10-26-14-27-20(17)13-28/h3-6,8-10,14,21,30-31H,1-2,7,11-13H2. The van der Waals surface area contributed by atoms with Crippen LogP contribution in [0.3, 0.4) is 0 Å². The topological polar surface area (TPSA) is 89.8 Å². The molecular formula is C24H23ClN4O3. The molecule has 32 heavy (non-hydrogen) atoms. The van der Waals surface area contributed by atoms with Crippen LogP contribution in [0.15, 0.2) is 48.9 Å². The number of phenols is 2. The van der Waals surface area contributed by atoms with Crippen LogP contribution in [-0.2, 0) is 19.6 Å². The normalized spacial score (nSPS) is 18.2. The monoisotopic (exact) mass is 450 g/mol. The van der Waals surface area contributed by atoms with Gasteiger partial charge in [-0.3, -0.25) is 9.69 Å². The van der Waals surface area contributed by atoms with Gasteiger partial charge in [0.1, 0.15) is 17.8 Å². The molecule has 3 heterocycles. The van der Waals surface area contributed by atoms with Crippen molar-refractivity contribution in [2.24, 2.45) is 0 Å². The van der Waals surface area contributed by atoms with Gasteiger partial charge in [0, 0.05) is 44.0 Å². The predicted octanol–water partition coefficient (Wildman–Crippen LogP) is 4.03. The number of fused-ring (bicyclic) bond motifs is 1. The van der Waals surface area contributed by atoms with Gasteiger partial charge in [-0.2, -0.15) is 0 Å². The molecule has 2 aromatic carbocycles. The molecule has 5 rings (SSSR count). The van der Waals surface area contributed by atoms with Crippen LogP contribution in [0.25, 0.3) is 0 Å². The van der Waals surface area contributed by atoms with E-state index in [1.54, 1.807) is 11.2 Å². The summed E-state index contributed by atoms with van der Waals surface area (Å²) in [4.78, 5) is 25.7. The average Bonchev–Trinajstić information content (AvgIpc) is 3.43. The number of rotatable bonds is 4. The molecule has 0 aliphatic carbocycles. The molecule has 1 aromatic heterocycles. The summed E-state index contributed by atoms with van der Waals surface area (Å²) in [6.07, 6.45) is 5.23. The van der Waals surface area contributed by atoms with Gasteiger partial charge in [0.25, 0.3) is 5.91 Å². The summed E-state index contributed by atoms with van der Waals surface area (Å²) in [5, 5.41) is 19.9. The lowest BCUT2D eigenvalue weighted by molar-refractivity contribution is 0.0732. The molecule has 0 radical (unpaired) electrons. The number of benzene rings is 2. The van der Waals surface area contributed by atoms with Crippen LogP contribution < -0.4 is 0 Å². The van der Waals surface area contributed by atoms with E-state index in [-0.39, 0.29) is 34.0 Å². The van der Waals surface area contributed by atoms with Crippen LogP contribution in [0.2, 0.25) is 5.02 Å². The Hall–Kier alpha value is -3.16. The molecule has 1 fully saturated rings. The highest BCUT2D eigenvalue weighted by Gasteiger charge is 2.32.